The Morgan fingerprint density at radius 1 is 1.00 bits per heavy atom. The highest BCUT2D eigenvalue weighted by Crippen LogP contribution is 2.32. The van der Waals surface area contributed by atoms with Crippen molar-refractivity contribution in [1.82, 2.24) is 9.97 Å². The van der Waals surface area contributed by atoms with Crippen molar-refractivity contribution in [2.24, 2.45) is 0 Å². The number of pyridine rings is 1. The Morgan fingerprint density at radius 3 is 2.71 bits per heavy atom. The molecule has 5 rings (SSSR count). The molecule has 0 atom stereocenters. The number of hydrogen-bond donors (Lipinski definition) is 2. The van der Waals surface area contributed by atoms with Crippen molar-refractivity contribution in [3.63, 3.8) is 0 Å². The molecule has 3 aromatic carbocycles. The number of halogens is 1. The summed E-state index contributed by atoms with van der Waals surface area (Å²) in [5, 5.41) is 5.99. The van der Waals surface area contributed by atoms with Gasteiger partial charge in [0.2, 0.25) is 5.91 Å². The van der Waals surface area contributed by atoms with Crippen LogP contribution in [0.4, 0.5) is 5.69 Å². The van der Waals surface area contributed by atoms with Gasteiger partial charge in [-0.15, -0.1) is 0 Å². The lowest BCUT2D eigenvalue weighted by molar-refractivity contribution is -0.116. The van der Waals surface area contributed by atoms with Crippen LogP contribution >= 0.6 is 11.6 Å². The molecular weight excluding hydrogens is 442 g/mol. The van der Waals surface area contributed by atoms with Gasteiger partial charge in [0.1, 0.15) is 0 Å². The van der Waals surface area contributed by atoms with Crippen LogP contribution in [0.15, 0.2) is 72.8 Å². The lowest BCUT2D eigenvalue weighted by Crippen LogP contribution is -2.12. The average molecular weight is 468 g/mol. The van der Waals surface area contributed by atoms with Crippen LogP contribution in [0.3, 0.4) is 0 Å². The van der Waals surface area contributed by atoms with Crippen LogP contribution in [-0.4, -0.2) is 15.9 Å². The van der Waals surface area contributed by atoms with E-state index in [2.05, 4.69) is 53.6 Å². The monoisotopic (exact) mass is 467 g/mol. The van der Waals surface area contributed by atoms with Gasteiger partial charge < -0.3 is 10.3 Å². The third-order valence-electron chi connectivity index (χ3n) is 6.21. The second-order valence-electron chi connectivity index (χ2n) is 8.78. The third-order valence-corrected chi connectivity index (χ3v) is 6.44. The van der Waals surface area contributed by atoms with Gasteiger partial charge in [-0.3, -0.25) is 4.79 Å². The number of anilines is 1. The molecule has 1 amide bonds. The zero-order valence-corrected chi connectivity index (χ0v) is 20.0. The Morgan fingerprint density at radius 2 is 1.85 bits per heavy atom. The number of rotatable bonds is 6. The van der Waals surface area contributed by atoms with Crippen LogP contribution in [0.2, 0.25) is 5.02 Å². The number of aryl methyl sites for hydroxylation is 3. The smallest absolute Gasteiger partial charge is 0.224 e. The Labute approximate surface area is 204 Å². The van der Waals surface area contributed by atoms with Gasteiger partial charge in [0.25, 0.3) is 0 Å². The van der Waals surface area contributed by atoms with Crippen LogP contribution in [0.5, 0.6) is 0 Å². The highest BCUT2D eigenvalue weighted by Gasteiger charge is 2.16. The fourth-order valence-electron chi connectivity index (χ4n) is 4.45. The van der Waals surface area contributed by atoms with Crippen LogP contribution in [-0.2, 0) is 11.2 Å². The summed E-state index contributed by atoms with van der Waals surface area (Å²) in [4.78, 5) is 21.1. The maximum atomic E-state index is 12.6. The maximum absolute atomic E-state index is 12.6. The number of H-pyrrole nitrogens is 1. The number of carbonyl (C=O) groups is 1. The molecule has 170 valence electrons. The minimum Gasteiger partial charge on any atom is -0.353 e. The van der Waals surface area contributed by atoms with E-state index in [9.17, 15) is 4.79 Å². The number of fused-ring (bicyclic) bond motifs is 2. The number of carbonyl (C=O) groups excluding carboxylic acids is 1. The molecule has 2 heterocycles. The molecular formula is C29H26ClN3O. The Kier molecular flexibility index (Phi) is 6.08. The first-order chi connectivity index (χ1) is 16.5. The molecule has 0 saturated carbocycles. The van der Waals surface area contributed by atoms with Crippen molar-refractivity contribution in [3.05, 3.63) is 94.5 Å². The van der Waals surface area contributed by atoms with Gasteiger partial charge in [0, 0.05) is 33.4 Å². The van der Waals surface area contributed by atoms with Gasteiger partial charge in [0.05, 0.1) is 16.9 Å². The van der Waals surface area contributed by atoms with Crippen LogP contribution in [0, 0.1) is 13.8 Å². The quantitative estimate of drug-likeness (QED) is 0.270. The normalized spacial score (nSPS) is 11.3. The molecule has 0 bridgehead atoms. The first-order valence-corrected chi connectivity index (χ1v) is 11.9. The summed E-state index contributed by atoms with van der Waals surface area (Å²) in [7, 11) is 0. The molecule has 5 heteroatoms. The molecule has 0 saturated heterocycles. The summed E-state index contributed by atoms with van der Waals surface area (Å²) >= 11 is 6.03. The van der Waals surface area contributed by atoms with Crippen LogP contribution in [0.1, 0.15) is 29.5 Å². The van der Waals surface area contributed by atoms with Crippen LogP contribution < -0.4 is 5.32 Å². The van der Waals surface area contributed by atoms with E-state index in [0.717, 1.165) is 51.9 Å². The average Bonchev–Trinajstić information content (AvgIpc) is 3.18. The van der Waals surface area contributed by atoms with Gasteiger partial charge in [-0.1, -0.05) is 47.5 Å². The predicted octanol–water partition coefficient (Wildman–Crippen LogP) is 7.61. The number of nitrogens with zero attached hydrogens (tertiary/aromatic N) is 1. The number of nitrogens with one attached hydrogen (secondary N) is 2. The summed E-state index contributed by atoms with van der Waals surface area (Å²) in [5.74, 6) is 0.00632. The second-order valence-corrected chi connectivity index (χ2v) is 9.21. The van der Waals surface area contributed by atoms with Gasteiger partial charge in [0.15, 0.2) is 0 Å². The zero-order valence-electron chi connectivity index (χ0n) is 19.3. The molecule has 0 fully saturated rings. The van der Waals surface area contributed by atoms with Gasteiger partial charge in [-0.25, -0.2) is 4.98 Å². The van der Waals surface area contributed by atoms with Crippen molar-refractivity contribution in [2.45, 2.75) is 33.1 Å². The topological polar surface area (TPSA) is 57.8 Å². The second kappa shape index (κ2) is 9.32. The predicted molar refractivity (Wildman–Crippen MR) is 142 cm³/mol. The zero-order chi connectivity index (χ0) is 23.7. The molecule has 0 aliphatic rings. The summed E-state index contributed by atoms with van der Waals surface area (Å²) in [5.41, 5.74) is 8.18. The Hall–Kier alpha value is -3.63. The summed E-state index contributed by atoms with van der Waals surface area (Å²) in [6.45, 7) is 4.05. The SMILES string of the molecule is Cc1ccc2[nH]c(-c3ccc4ccccc4n3)c(CCCC(=O)Nc3ccc(Cl)cc3C)c2c1. The summed E-state index contributed by atoms with van der Waals surface area (Å²) in [6.07, 6.45) is 1.95. The van der Waals surface area contributed by atoms with E-state index in [0.29, 0.717) is 11.4 Å². The van der Waals surface area contributed by atoms with Crippen molar-refractivity contribution in [3.8, 4) is 11.4 Å². The van der Waals surface area contributed by atoms with Crippen LogP contribution in [0.25, 0.3) is 33.2 Å². The van der Waals surface area contributed by atoms with Gasteiger partial charge in [-0.05, 0) is 80.3 Å². The highest BCUT2D eigenvalue weighted by molar-refractivity contribution is 6.30. The fraction of sp³-hybridized carbons (Fsp3) is 0.172. The van der Waals surface area contributed by atoms with E-state index in [1.54, 1.807) is 6.07 Å². The van der Waals surface area contributed by atoms with Gasteiger partial charge in [-0.2, -0.15) is 0 Å². The van der Waals surface area contributed by atoms with Crippen molar-refractivity contribution < 1.29 is 4.79 Å². The largest absolute Gasteiger partial charge is 0.353 e. The first kappa shape index (κ1) is 22.2. The van der Waals surface area contributed by atoms with Crippen molar-refractivity contribution in [1.29, 1.82) is 0 Å². The minimum absolute atomic E-state index is 0.00632. The molecule has 34 heavy (non-hydrogen) atoms. The molecule has 0 spiro atoms. The number of amides is 1. The number of aromatic nitrogens is 2. The third kappa shape index (κ3) is 4.55. The summed E-state index contributed by atoms with van der Waals surface area (Å²) in [6, 6.07) is 24.3. The van der Waals surface area contributed by atoms with E-state index in [-0.39, 0.29) is 5.91 Å². The number of aromatic amines is 1. The van der Waals surface area contributed by atoms with E-state index in [4.69, 9.17) is 16.6 Å². The van der Waals surface area contributed by atoms with Gasteiger partial charge >= 0.3 is 0 Å². The lowest BCUT2D eigenvalue weighted by Gasteiger charge is -2.09. The molecule has 0 unspecified atom stereocenters. The minimum atomic E-state index is 0.00632. The maximum Gasteiger partial charge on any atom is 0.224 e. The molecule has 4 nitrogen and oxygen atoms in total. The van der Waals surface area contributed by atoms with E-state index < -0.39 is 0 Å². The standard InChI is InChI=1S/C29H26ClN3O/c1-18-10-13-26-23(16-18)22(7-5-9-28(34)32-24-15-12-21(30)17-19(24)2)29(33-26)27-14-11-20-6-3-4-8-25(20)31-27/h3-4,6,8,10-17,33H,5,7,9H2,1-2H3,(H,32,34). The number of benzene rings is 3. The van der Waals surface area contributed by atoms with Crippen molar-refractivity contribution >= 4 is 45.0 Å². The molecule has 0 aliphatic carbocycles. The van der Waals surface area contributed by atoms with E-state index in [1.807, 2.05) is 37.3 Å². The van der Waals surface area contributed by atoms with E-state index >= 15 is 0 Å². The number of hydrogen-bond acceptors (Lipinski definition) is 2. The summed E-state index contributed by atoms with van der Waals surface area (Å²) < 4.78 is 0. The van der Waals surface area contributed by atoms with E-state index in [1.165, 1.54) is 16.5 Å². The number of para-hydroxylation sites is 1. The lowest BCUT2D eigenvalue weighted by atomic mass is 10.0. The molecule has 5 aromatic rings. The Balaban J connectivity index is 1.40. The highest BCUT2D eigenvalue weighted by atomic mass is 35.5. The molecule has 0 aliphatic heterocycles. The fourth-order valence-corrected chi connectivity index (χ4v) is 4.68. The first-order valence-electron chi connectivity index (χ1n) is 11.5. The van der Waals surface area contributed by atoms with Crippen molar-refractivity contribution in [2.75, 3.05) is 5.32 Å². The molecule has 2 aromatic heterocycles. The molecule has 2 N–H and O–H groups in total. The Bertz CT molecular complexity index is 1520. The molecule has 0 radical (unpaired) electrons.